The van der Waals surface area contributed by atoms with E-state index in [4.69, 9.17) is 4.43 Å². The minimum Gasteiger partial charge on any atom is -0.552 e. The molecule has 0 unspecified atom stereocenters. The van der Waals surface area contributed by atoms with Gasteiger partial charge in [-0.05, 0) is 17.7 Å². The Labute approximate surface area is 141 Å². The Morgan fingerprint density at radius 3 is 1.36 bits per heavy atom. The SMILES string of the molecule is C=Cc1ccc(O[Si]([Si](C)(C)C)([Si](C)(C)C)[Si](C)(C)C)cc1. The number of benzene rings is 1. The molecule has 1 aromatic rings. The number of hydrogen-bond donors (Lipinski definition) is 0. The summed E-state index contributed by atoms with van der Waals surface area (Å²) in [6.07, 6.45) is 1.89. The number of rotatable bonds is 6. The van der Waals surface area contributed by atoms with Gasteiger partial charge in [0.05, 0.1) is 22.8 Å². The minimum absolute atomic E-state index is 1.09. The molecule has 1 rings (SSSR count). The van der Waals surface area contributed by atoms with Crippen LogP contribution >= 0.6 is 0 Å². The van der Waals surface area contributed by atoms with Crippen LogP contribution in [0, 0.1) is 0 Å². The van der Waals surface area contributed by atoms with Gasteiger partial charge in [-0.15, -0.1) is 0 Å². The van der Waals surface area contributed by atoms with Gasteiger partial charge in [-0.1, -0.05) is 83.7 Å². The second kappa shape index (κ2) is 6.26. The first-order chi connectivity index (χ1) is 9.76. The largest absolute Gasteiger partial charge is 0.552 e. The Hall–Kier alpha value is -0.372. The summed E-state index contributed by atoms with van der Waals surface area (Å²) in [4.78, 5) is 0. The molecule has 0 bridgehead atoms. The van der Waals surface area contributed by atoms with Gasteiger partial charge in [-0.25, -0.2) is 0 Å². The first-order valence-electron chi connectivity index (χ1n) is 8.18. The van der Waals surface area contributed by atoms with Gasteiger partial charge in [0, 0.05) is 0 Å². The van der Waals surface area contributed by atoms with Crippen molar-refractivity contribution in [1.82, 2.24) is 0 Å². The van der Waals surface area contributed by atoms with Crippen LogP contribution in [0.5, 0.6) is 5.75 Å². The quantitative estimate of drug-likeness (QED) is 0.569. The summed E-state index contributed by atoms with van der Waals surface area (Å²) in [6, 6.07) is 8.55. The molecule has 0 saturated heterocycles. The van der Waals surface area contributed by atoms with Gasteiger partial charge in [0.15, 0.2) is 0 Å². The van der Waals surface area contributed by atoms with Crippen LogP contribution in [0.3, 0.4) is 0 Å². The summed E-state index contributed by atoms with van der Waals surface area (Å²) in [6.45, 7) is 25.0. The van der Waals surface area contributed by atoms with Crippen LogP contribution in [0.15, 0.2) is 30.8 Å². The first-order valence-corrected chi connectivity index (χ1v) is 23.6. The fourth-order valence-electron chi connectivity index (χ4n) is 4.68. The lowest BCUT2D eigenvalue weighted by Gasteiger charge is -2.55. The summed E-state index contributed by atoms with van der Waals surface area (Å²) in [5.41, 5.74) is 1.16. The highest BCUT2D eigenvalue weighted by Crippen LogP contribution is 2.38. The van der Waals surface area contributed by atoms with E-state index < -0.39 is 29.6 Å². The highest BCUT2D eigenvalue weighted by atomic mass is 29.9. The van der Waals surface area contributed by atoms with Gasteiger partial charge in [-0.2, -0.15) is 0 Å². The Balaban J connectivity index is 3.46. The van der Waals surface area contributed by atoms with Gasteiger partial charge in [-0.3, -0.25) is 0 Å². The third-order valence-corrected chi connectivity index (χ3v) is 71.9. The molecule has 0 N–H and O–H groups in total. The second-order valence-electron chi connectivity index (χ2n) is 9.31. The van der Waals surface area contributed by atoms with E-state index in [9.17, 15) is 0 Å². The molecule has 0 aromatic heterocycles. The van der Waals surface area contributed by atoms with E-state index in [2.05, 4.69) is 89.8 Å². The zero-order valence-corrected chi connectivity index (χ0v) is 20.0. The third-order valence-electron chi connectivity index (χ3n) is 4.56. The Morgan fingerprint density at radius 1 is 0.727 bits per heavy atom. The van der Waals surface area contributed by atoms with E-state index in [1.165, 1.54) is 0 Å². The maximum atomic E-state index is 7.08. The van der Waals surface area contributed by atoms with Crippen LogP contribution in [0.2, 0.25) is 58.9 Å². The van der Waals surface area contributed by atoms with Gasteiger partial charge < -0.3 is 4.43 Å². The molecule has 124 valence electrons. The molecule has 0 amide bonds. The van der Waals surface area contributed by atoms with E-state index in [1.807, 2.05) is 6.08 Å². The van der Waals surface area contributed by atoms with E-state index in [0.29, 0.717) is 0 Å². The zero-order valence-electron chi connectivity index (χ0n) is 16.0. The molecule has 1 nitrogen and oxygen atoms in total. The van der Waals surface area contributed by atoms with Crippen molar-refractivity contribution in [1.29, 1.82) is 0 Å². The molecule has 22 heavy (non-hydrogen) atoms. The molecular weight excluding hydrogens is 333 g/mol. The van der Waals surface area contributed by atoms with Crippen molar-refractivity contribution in [3.8, 4) is 5.75 Å². The Bertz CT molecular complexity index is 480. The average molecular weight is 367 g/mol. The lowest BCUT2D eigenvalue weighted by molar-refractivity contribution is 0.587. The molecule has 0 radical (unpaired) electrons. The fraction of sp³-hybridized carbons (Fsp3) is 0.529. The van der Waals surface area contributed by atoms with Crippen LogP contribution in [-0.2, 0) is 0 Å². The maximum Gasteiger partial charge on any atom is 0.206 e. The summed E-state index contributed by atoms with van der Waals surface area (Å²) in [5, 5.41) is 0. The summed E-state index contributed by atoms with van der Waals surface area (Å²) in [7, 11) is -4.18. The summed E-state index contributed by atoms with van der Waals surface area (Å²) in [5.74, 6) is 1.09. The highest BCUT2D eigenvalue weighted by Gasteiger charge is 2.65. The van der Waals surface area contributed by atoms with Crippen molar-refractivity contribution in [2.75, 3.05) is 0 Å². The van der Waals surface area contributed by atoms with Crippen molar-refractivity contribution in [2.24, 2.45) is 0 Å². The number of hydrogen-bond acceptors (Lipinski definition) is 1. The van der Waals surface area contributed by atoms with Crippen LogP contribution in [0.4, 0.5) is 0 Å². The zero-order chi connectivity index (χ0) is 17.4. The smallest absolute Gasteiger partial charge is 0.206 e. The molecule has 0 aliphatic carbocycles. The molecule has 0 aliphatic heterocycles. The minimum atomic E-state index is -1.78. The Morgan fingerprint density at radius 2 is 1.09 bits per heavy atom. The normalized spacial score (nSPS) is 13.9. The molecule has 0 spiro atoms. The van der Waals surface area contributed by atoms with Crippen molar-refractivity contribution in [3.63, 3.8) is 0 Å². The van der Waals surface area contributed by atoms with Crippen LogP contribution < -0.4 is 4.43 Å². The van der Waals surface area contributed by atoms with Gasteiger partial charge in [0.1, 0.15) is 5.75 Å². The predicted molar refractivity (Wildman–Crippen MR) is 113 cm³/mol. The van der Waals surface area contributed by atoms with Crippen molar-refractivity contribution >= 4 is 35.7 Å². The summed E-state index contributed by atoms with van der Waals surface area (Å²) < 4.78 is 7.08. The molecule has 1 aromatic carbocycles. The van der Waals surface area contributed by atoms with Crippen LogP contribution in [-0.4, -0.2) is 29.6 Å². The second-order valence-corrected chi connectivity index (χ2v) is 48.7. The molecule has 5 heteroatoms. The van der Waals surface area contributed by atoms with E-state index >= 15 is 0 Å². The van der Waals surface area contributed by atoms with Gasteiger partial charge >= 0.3 is 0 Å². The van der Waals surface area contributed by atoms with E-state index in [-0.39, 0.29) is 0 Å². The van der Waals surface area contributed by atoms with Crippen LogP contribution in [0.1, 0.15) is 5.56 Å². The predicted octanol–water partition coefficient (Wildman–Crippen LogP) is 5.90. The lowest BCUT2D eigenvalue weighted by Crippen LogP contribution is -2.86. The molecule has 0 fully saturated rings. The molecule has 0 heterocycles. The Kier molecular flexibility index (Phi) is 5.60. The standard InChI is InChI=1S/C17H34OSi4/c1-11-16-12-14-17(15-13-16)18-22(19(2,3)4,20(5,6)7)21(8,9)10/h11-15H,1H2,2-10H3. The molecule has 0 aliphatic rings. The van der Waals surface area contributed by atoms with Crippen molar-refractivity contribution in [3.05, 3.63) is 36.4 Å². The average Bonchev–Trinajstić information content (AvgIpc) is 2.32. The molecule has 0 saturated carbocycles. The molecular formula is C17H34OSi4. The van der Waals surface area contributed by atoms with Crippen molar-refractivity contribution < 1.29 is 4.43 Å². The summed E-state index contributed by atoms with van der Waals surface area (Å²) >= 11 is 0. The topological polar surface area (TPSA) is 9.23 Å². The van der Waals surface area contributed by atoms with Gasteiger partial charge in [0.2, 0.25) is 6.87 Å². The van der Waals surface area contributed by atoms with E-state index in [1.54, 1.807) is 0 Å². The lowest BCUT2D eigenvalue weighted by atomic mass is 10.2. The third kappa shape index (κ3) is 3.58. The highest BCUT2D eigenvalue weighted by molar-refractivity contribution is 7.87. The van der Waals surface area contributed by atoms with Gasteiger partial charge in [0.25, 0.3) is 0 Å². The molecule has 0 atom stereocenters. The fourth-order valence-corrected chi connectivity index (χ4v) is 97.7. The van der Waals surface area contributed by atoms with Crippen LogP contribution in [0.25, 0.3) is 6.08 Å². The van der Waals surface area contributed by atoms with Crippen molar-refractivity contribution in [2.45, 2.75) is 58.9 Å². The van der Waals surface area contributed by atoms with E-state index in [0.717, 1.165) is 11.3 Å². The first kappa shape index (κ1) is 19.7. The monoisotopic (exact) mass is 366 g/mol. The maximum absolute atomic E-state index is 7.08.